The summed E-state index contributed by atoms with van der Waals surface area (Å²) in [6, 6.07) is 3.95. The van der Waals surface area contributed by atoms with Gasteiger partial charge in [0.1, 0.15) is 11.0 Å². The highest BCUT2D eigenvalue weighted by atomic mass is 32.1. The molecule has 2 fully saturated rings. The van der Waals surface area contributed by atoms with Gasteiger partial charge in [0.15, 0.2) is 0 Å². The van der Waals surface area contributed by atoms with E-state index in [0.717, 1.165) is 36.5 Å². The van der Waals surface area contributed by atoms with Crippen molar-refractivity contribution >= 4 is 17.2 Å². The lowest BCUT2D eigenvalue weighted by Crippen LogP contribution is -2.47. The predicted octanol–water partition coefficient (Wildman–Crippen LogP) is 2.10. The number of carbonyl (C=O) groups is 1. The Morgan fingerprint density at radius 2 is 2.20 bits per heavy atom. The molecule has 1 amide bonds. The zero-order valence-electron chi connectivity index (χ0n) is 14.1. The molecule has 0 radical (unpaired) electrons. The molecule has 2 aromatic rings. The second-order valence-corrected chi connectivity index (χ2v) is 7.44. The van der Waals surface area contributed by atoms with Gasteiger partial charge in [-0.2, -0.15) is 0 Å². The van der Waals surface area contributed by atoms with E-state index >= 15 is 0 Å². The third kappa shape index (κ3) is 3.89. The maximum absolute atomic E-state index is 13.5. The second-order valence-electron chi connectivity index (χ2n) is 6.46. The highest BCUT2D eigenvalue weighted by molar-refractivity contribution is 7.09. The Bertz CT molecular complexity index is 684. The molecule has 2 aliphatic rings. The standard InChI is InChI=1S/C18H22N4O2S/c23-18(22(15-3-4-15)13-16-20-6-11-25-16)17(14-2-1-5-19-12-14)21-7-9-24-10-8-21/h1-2,5-6,11-12,15,17H,3-4,7-10,13H2/t17-/m1/s1. The van der Waals surface area contributed by atoms with Crippen LogP contribution in [0.5, 0.6) is 0 Å². The Kier molecular flexibility index (Phi) is 5.05. The van der Waals surface area contributed by atoms with Crippen LogP contribution in [0.3, 0.4) is 0 Å². The van der Waals surface area contributed by atoms with Crippen molar-refractivity contribution in [3.8, 4) is 0 Å². The van der Waals surface area contributed by atoms with Gasteiger partial charge in [-0.3, -0.25) is 14.7 Å². The quantitative estimate of drug-likeness (QED) is 0.791. The highest BCUT2D eigenvalue weighted by Gasteiger charge is 2.39. The molecule has 0 N–H and O–H groups in total. The van der Waals surface area contributed by atoms with Gasteiger partial charge in [-0.1, -0.05) is 6.07 Å². The predicted molar refractivity (Wildman–Crippen MR) is 95.1 cm³/mol. The van der Waals surface area contributed by atoms with E-state index in [4.69, 9.17) is 4.74 Å². The molecule has 1 aliphatic heterocycles. The third-order valence-electron chi connectivity index (χ3n) is 4.70. The first kappa shape index (κ1) is 16.6. The van der Waals surface area contributed by atoms with Crippen LogP contribution in [-0.2, 0) is 16.1 Å². The number of morpholine rings is 1. The molecule has 3 heterocycles. The van der Waals surface area contributed by atoms with E-state index in [-0.39, 0.29) is 11.9 Å². The van der Waals surface area contributed by atoms with E-state index in [1.54, 1.807) is 23.7 Å². The molecule has 0 unspecified atom stereocenters. The van der Waals surface area contributed by atoms with Gasteiger partial charge in [-0.05, 0) is 24.5 Å². The lowest BCUT2D eigenvalue weighted by atomic mass is 10.0. The number of hydrogen-bond acceptors (Lipinski definition) is 6. The molecule has 4 rings (SSSR count). The summed E-state index contributed by atoms with van der Waals surface area (Å²) in [4.78, 5) is 26.4. The fraction of sp³-hybridized carbons (Fsp3) is 0.500. The molecule has 2 aromatic heterocycles. The minimum atomic E-state index is -0.293. The van der Waals surface area contributed by atoms with Crippen LogP contribution >= 0.6 is 11.3 Å². The molecule has 0 spiro atoms. The Labute approximate surface area is 151 Å². The van der Waals surface area contributed by atoms with Crippen molar-refractivity contribution in [3.05, 3.63) is 46.7 Å². The summed E-state index contributed by atoms with van der Waals surface area (Å²) in [5.41, 5.74) is 0.958. The Morgan fingerprint density at radius 3 is 2.84 bits per heavy atom. The molecular weight excluding hydrogens is 336 g/mol. The smallest absolute Gasteiger partial charge is 0.245 e. The van der Waals surface area contributed by atoms with E-state index in [9.17, 15) is 4.79 Å². The monoisotopic (exact) mass is 358 g/mol. The molecule has 6 nitrogen and oxygen atoms in total. The summed E-state index contributed by atoms with van der Waals surface area (Å²) in [7, 11) is 0. The van der Waals surface area contributed by atoms with Gasteiger partial charge in [0.2, 0.25) is 5.91 Å². The summed E-state index contributed by atoms with van der Waals surface area (Å²) in [6.45, 7) is 3.46. The van der Waals surface area contributed by atoms with Gasteiger partial charge in [0, 0.05) is 43.1 Å². The number of nitrogens with zero attached hydrogens (tertiary/aromatic N) is 4. The van der Waals surface area contributed by atoms with Crippen molar-refractivity contribution < 1.29 is 9.53 Å². The van der Waals surface area contributed by atoms with Crippen LogP contribution in [0.4, 0.5) is 0 Å². The number of amides is 1. The molecule has 1 atom stereocenters. The average molecular weight is 358 g/mol. The molecule has 0 aromatic carbocycles. The lowest BCUT2D eigenvalue weighted by Gasteiger charge is -2.36. The van der Waals surface area contributed by atoms with Gasteiger partial charge >= 0.3 is 0 Å². The van der Waals surface area contributed by atoms with Crippen molar-refractivity contribution in [2.24, 2.45) is 0 Å². The zero-order chi connectivity index (χ0) is 17.1. The molecule has 1 saturated carbocycles. The Hall–Kier alpha value is -1.83. The fourth-order valence-corrected chi connectivity index (χ4v) is 3.90. The SMILES string of the molecule is O=C([C@@H](c1cccnc1)N1CCOCC1)N(Cc1nccs1)C1CC1. The van der Waals surface area contributed by atoms with Crippen molar-refractivity contribution in [2.45, 2.75) is 31.5 Å². The molecule has 1 saturated heterocycles. The molecule has 0 bridgehead atoms. The van der Waals surface area contributed by atoms with E-state index in [0.29, 0.717) is 25.8 Å². The number of hydrogen-bond donors (Lipinski definition) is 0. The van der Waals surface area contributed by atoms with Crippen LogP contribution in [-0.4, -0.2) is 58.0 Å². The Balaban J connectivity index is 1.61. The topological polar surface area (TPSA) is 58.6 Å². The third-order valence-corrected chi connectivity index (χ3v) is 5.47. The van der Waals surface area contributed by atoms with Crippen molar-refractivity contribution in [2.75, 3.05) is 26.3 Å². The maximum Gasteiger partial charge on any atom is 0.245 e. The van der Waals surface area contributed by atoms with Crippen LogP contribution in [0.2, 0.25) is 0 Å². The number of carbonyl (C=O) groups excluding carboxylic acids is 1. The van der Waals surface area contributed by atoms with Crippen molar-refractivity contribution in [1.82, 2.24) is 19.8 Å². The summed E-state index contributed by atoms with van der Waals surface area (Å²) >= 11 is 1.61. The minimum Gasteiger partial charge on any atom is -0.379 e. The van der Waals surface area contributed by atoms with Gasteiger partial charge < -0.3 is 9.64 Å². The van der Waals surface area contributed by atoms with Crippen LogP contribution in [0.25, 0.3) is 0 Å². The molecule has 132 valence electrons. The molecule has 25 heavy (non-hydrogen) atoms. The van der Waals surface area contributed by atoms with E-state index < -0.39 is 0 Å². The van der Waals surface area contributed by atoms with E-state index in [2.05, 4.69) is 14.9 Å². The summed E-state index contributed by atoms with van der Waals surface area (Å²) < 4.78 is 5.48. The first-order valence-electron chi connectivity index (χ1n) is 8.73. The van der Waals surface area contributed by atoms with E-state index in [1.807, 2.05) is 28.6 Å². The maximum atomic E-state index is 13.5. The lowest BCUT2D eigenvalue weighted by molar-refractivity contribution is -0.140. The summed E-state index contributed by atoms with van der Waals surface area (Å²) in [5.74, 6) is 0.160. The second kappa shape index (κ2) is 7.59. The summed E-state index contributed by atoms with van der Waals surface area (Å²) in [6.07, 6.45) is 7.53. The Morgan fingerprint density at radius 1 is 1.36 bits per heavy atom. The van der Waals surface area contributed by atoms with Crippen LogP contribution in [0.1, 0.15) is 29.5 Å². The molecule has 7 heteroatoms. The van der Waals surface area contributed by atoms with Crippen molar-refractivity contribution in [3.63, 3.8) is 0 Å². The van der Waals surface area contributed by atoms with E-state index in [1.165, 1.54) is 0 Å². The van der Waals surface area contributed by atoms with Crippen LogP contribution in [0.15, 0.2) is 36.1 Å². The normalized spacial score (nSPS) is 19.5. The van der Waals surface area contributed by atoms with Crippen LogP contribution in [0, 0.1) is 0 Å². The summed E-state index contributed by atoms with van der Waals surface area (Å²) in [5, 5.41) is 2.96. The number of aromatic nitrogens is 2. The van der Waals surface area contributed by atoms with Crippen LogP contribution < -0.4 is 0 Å². The van der Waals surface area contributed by atoms with Gasteiger partial charge in [0.25, 0.3) is 0 Å². The number of pyridine rings is 1. The number of rotatable bonds is 6. The molecular formula is C18H22N4O2S. The van der Waals surface area contributed by atoms with Gasteiger partial charge in [-0.25, -0.2) is 4.98 Å². The highest BCUT2D eigenvalue weighted by Crippen LogP contribution is 2.33. The van der Waals surface area contributed by atoms with Gasteiger partial charge in [-0.15, -0.1) is 11.3 Å². The van der Waals surface area contributed by atoms with Gasteiger partial charge in [0.05, 0.1) is 19.8 Å². The average Bonchev–Trinajstić information content (AvgIpc) is 3.37. The fourth-order valence-electron chi connectivity index (χ4n) is 3.29. The largest absolute Gasteiger partial charge is 0.379 e. The molecule has 1 aliphatic carbocycles. The first-order chi connectivity index (χ1) is 12.3. The number of ether oxygens (including phenoxy) is 1. The zero-order valence-corrected chi connectivity index (χ0v) is 14.9. The minimum absolute atomic E-state index is 0.160. The number of thiazole rings is 1. The first-order valence-corrected chi connectivity index (χ1v) is 9.61. The van der Waals surface area contributed by atoms with Crippen molar-refractivity contribution in [1.29, 1.82) is 0 Å².